The van der Waals surface area contributed by atoms with E-state index in [4.69, 9.17) is 15.3 Å². The molecule has 1 heterocycles. The molecule has 30 heavy (non-hydrogen) atoms. The molecule has 172 valence electrons. The summed E-state index contributed by atoms with van der Waals surface area (Å²) in [6, 6.07) is -1.78. The van der Waals surface area contributed by atoms with Crippen LogP contribution in [0, 0.1) is 0 Å². The van der Waals surface area contributed by atoms with Crippen LogP contribution >= 0.6 is 11.8 Å². The lowest BCUT2D eigenvalue weighted by atomic mass is 10.2. The number of hydrogen-bond donors (Lipinski definition) is 5. The van der Waals surface area contributed by atoms with Gasteiger partial charge in [0.05, 0.1) is 6.54 Å². The van der Waals surface area contributed by atoms with Crippen molar-refractivity contribution in [1.29, 1.82) is 0 Å². The van der Waals surface area contributed by atoms with Crippen LogP contribution in [0.25, 0.3) is 0 Å². The monoisotopic (exact) mass is 447 g/mol. The maximum Gasteiger partial charge on any atom is 0.408 e. The van der Waals surface area contributed by atoms with E-state index in [-0.39, 0.29) is 17.7 Å². The molecule has 6 N–H and O–H groups in total. The number of thioether (sulfide) groups is 1. The molecule has 0 spiro atoms. The third-order valence-corrected chi connectivity index (χ3v) is 5.20. The molecule has 0 aromatic carbocycles. The van der Waals surface area contributed by atoms with Gasteiger partial charge in [0, 0.05) is 12.4 Å². The Bertz CT molecular complexity index is 606. The first-order valence-electron chi connectivity index (χ1n) is 9.82. The molecular formula is C18H33N5O6S. The molecule has 3 atom stereocenters. The van der Waals surface area contributed by atoms with Crippen LogP contribution in [0.3, 0.4) is 0 Å². The van der Waals surface area contributed by atoms with Crippen LogP contribution in [0.2, 0.25) is 0 Å². The van der Waals surface area contributed by atoms with E-state index in [9.17, 15) is 19.2 Å². The topological polar surface area (TPSA) is 161 Å². The van der Waals surface area contributed by atoms with Crippen LogP contribution in [-0.4, -0.2) is 65.8 Å². The Morgan fingerprint density at radius 2 is 1.87 bits per heavy atom. The van der Waals surface area contributed by atoms with E-state index >= 15 is 0 Å². The molecule has 0 aliphatic carbocycles. The number of nitrogens with one attached hydrogen (secondary N) is 4. The third-order valence-electron chi connectivity index (χ3n) is 3.93. The highest BCUT2D eigenvalue weighted by Crippen LogP contribution is 2.23. The highest BCUT2D eigenvalue weighted by molar-refractivity contribution is 7.99. The van der Waals surface area contributed by atoms with E-state index in [1.54, 1.807) is 20.8 Å². The van der Waals surface area contributed by atoms with Crippen LogP contribution in [0.5, 0.6) is 0 Å². The zero-order valence-electron chi connectivity index (χ0n) is 17.9. The summed E-state index contributed by atoms with van der Waals surface area (Å²) in [4.78, 5) is 47.9. The largest absolute Gasteiger partial charge is 0.444 e. The minimum absolute atomic E-state index is 0.0248. The molecule has 0 unspecified atom stereocenters. The fourth-order valence-electron chi connectivity index (χ4n) is 2.45. The van der Waals surface area contributed by atoms with E-state index in [0.29, 0.717) is 6.61 Å². The Kier molecular flexibility index (Phi) is 10.9. The Hall–Kier alpha value is -2.05. The van der Waals surface area contributed by atoms with Crippen molar-refractivity contribution in [3.63, 3.8) is 0 Å². The van der Waals surface area contributed by atoms with Gasteiger partial charge >= 0.3 is 6.09 Å². The van der Waals surface area contributed by atoms with Crippen molar-refractivity contribution in [2.75, 3.05) is 18.9 Å². The Morgan fingerprint density at radius 3 is 2.43 bits per heavy atom. The van der Waals surface area contributed by atoms with Gasteiger partial charge in [0.1, 0.15) is 23.1 Å². The van der Waals surface area contributed by atoms with Crippen molar-refractivity contribution >= 4 is 35.6 Å². The summed E-state index contributed by atoms with van der Waals surface area (Å²) < 4.78 is 10.7. The summed E-state index contributed by atoms with van der Waals surface area (Å²) in [5.74, 6) is 3.80. The second-order valence-electron chi connectivity index (χ2n) is 7.84. The first-order valence-corrected chi connectivity index (χ1v) is 10.9. The predicted molar refractivity (Wildman–Crippen MR) is 112 cm³/mol. The summed E-state index contributed by atoms with van der Waals surface area (Å²) in [6.45, 7) is 6.89. The zero-order chi connectivity index (χ0) is 22.7. The van der Waals surface area contributed by atoms with Crippen LogP contribution < -0.4 is 27.2 Å². The van der Waals surface area contributed by atoms with Gasteiger partial charge in [-0.2, -0.15) is 0 Å². The summed E-state index contributed by atoms with van der Waals surface area (Å²) in [5, 5.41) is 7.32. The molecule has 0 bridgehead atoms. The second kappa shape index (κ2) is 12.6. The van der Waals surface area contributed by atoms with Crippen LogP contribution in [0.4, 0.5) is 4.79 Å². The normalized spacial score (nSPS) is 18.5. The summed E-state index contributed by atoms with van der Waals surface area (Å²) in [6.07, 6.45) is 2.21. The Morgan fingerprint density at radius 1 is 1.17 bits per heavy atom. The number of carbonyl (C=O) groups is 4. The van der Waals surface area contributed by atoms with Gasteiger partial charge in [-0.25, -0.2) is 10.6 Å². The van der Waals surface area contributed by atoms with Gasteiger partial charge in [-0.3, -0.25) is 19.8 Å². The molecule has 12 heteroatoms. The molecule has 1 aliphatic rings. The van der Waals surface area contributed by atoms with Gasteiger partial charge < -0.3 is 25.4 Å². The SMILES string of the molecule is C[C@@H](NC(=O)OC(C)(C)C)C(=O)NCC(=O)N[C@@H](CS[C@@H]1CCCCO1)C(=O)NN. The summed E-state index contributed by atoms with van der Waals surface area (Å²) in [5.41, 5.74) is 1.31. The number of hydrogen-bond acceptors (Lipinski definition) is 8. The van der Waals surface area contributed by atoms with Gasteiger partial charge in [0.2, 0.25) is 11.8 Å². The molecule has 1 fully saturated rings. The maximum absolute atomic E-state index is 12.2. The van der Waals surface area contributed by atoms with Crippen molar-refractivity contribution < 1.29 is 28.7 Å². The van der Waals surface area contributed by atoms with Crippen molar-refractivity contribution in [1.82, 2.24) is 21.4 Å². The molecule has 11 nitrogen and oxygen atoms in total. The molecule has 1 aliphatic heterocycles. The first-order chi connectivity index (χ1) is 14.0. The number of hydrazine groups is 1. The number of rotatable bonds is 9. The molecular weight excluding hydrogens is 414 g/mol. The van der Waals surface area contributed by atoms with E-state index in [0.717, 1.165) is 19.3 Å². The number of ether oxygens (including phenoxy) is 2. The molecule has 0 radical (unpaired) electrons. The van der Waals surface area contributed by atoms with E-state index in [1.807, 2.05) is 5.43 Å². The number of nitrogens with two attached hydrogens (primary N) is 1. The van der Waals surface area contributed by atoms with Crippen molar-refractivity contribution in [3.8, 4) is 0 Å². The minimum atomic E-state index is -0.908. The average Bonchev–Trinajstić information content (AvgIpc) is 2.67. The highest BCUT2D eigenvalue weighted by Gasteiger charge is 2.25. The fraction of sp³-hybridized carbons (Fsp3) is 0.778. The van der Waals surface area contributed by atoms with Crippen LogP contribution in [0.15, 0.2) is 0 Å². The van der Waals surface area contributed by atoms with Gasteiger partial charge in [0.15, 0.2) is 0 Å². The first kappa shape index (κ1) is 26.0. The summed E-state index contributed by atoms with van der Waals surface area (Å²) in [7, 11) is 0. The van der Waals surface area contributed by atoms with Gasteiger partial charge in [-0.15, -0.1) is 11.8 Å². The molecule has 0 aromatic heterocycles. The average molecular weight is 448 g/mol. The number of alkyl carbamates (subject to hydrolysis) is 1. The van der Waals surface area contributed by atoms with E-state index in [1.165, 1.54) is 18.7 Å². The lowest BCUT2D eigenvalue weighted by Crippen LogP contribution is -2.53. The van der Waals surface area contributed by atoms with E-state index in [2.05, 4.69) is 16.0 Å². The predicted octanol–water partition coefficient (Wildman–Crippen LogP) is -0.250. The maximum atomic E-state index is 12.2. The summed E-state index contributed by atoms with van der Waals surface area (Å²) >= 11 is 1.43. The quantitative estimate of drug-likeness (QED) is 0.184. The second-order valence-corrected chi connectivity index (χ2v) is 9.04. The van der Waals surface area contributed by atoms with Crippen molar-refractivity contribution in [2.24, 2.45) is 5.84 Å². The lowest BCUT2D eigenvalue weighted by Gasteiger charge is -2.24. The van der Waals surface area contributed by atoms with Crippen molar-refractivity contribution in [3.05, 3.63) is 0 Å². The minimum Gasteiger partial charge on any atom is -0.444 e. The smallest absolute Gasteiger partial charge is 0.408 e. The third kappa shape index (κ3) is 10.6. The molecule has 4 amide bonds. The Labute approximate surface area is 180 Å². The molecule has 0 saturated carbocycles. The van der Waals surface area contributed by atoms with Gasteiger partial charge in [0.25, 0.3) is 5.91 Å². The van der Waals surface area contributed by atoms with Gasteiger partial charge in [-0.1, -0.05) is 0 Å². The standard InChI is InChI=1S/C18H33N5O6S/c1-11(21-17(27)29-18(2,3)4)15(25)20-9-13(24)22-12(16(26)23-19)10-30-14-7-5-6-8-28-14/h11-12,14H,5-10,19H2,1-4H3,(H,20,25)(H,21,27)(H,22,24)(H,23,26)/t11-,12+,14-/m1/s1. The van der Waals surface area contributed by atoms with Gasteiger partial charge in [-0.05, 0) is 47.0 Å². The van der Waals surface area contributed by atoms with E-state index < -0.39 is 41.5 Å². The number of amides is 4. The Balaban J connectivity index is 2.43. The number of carbonyl (C=O) groups excluding carboxylic acids is 4. The fourth-order valence-corrected chi connectivity index (χ4v) is 3.61. The van der Waals surface area contributed by atoms with Crippen molar-refractivity contribution in [2.45, 2.75) is 70.1 Å². The molecule has 1 rings (SSSR count). The highest BCUT2D eigenvalue weighted by atomic mass is 32.2. The van der Waals surface area contributed by atoms with Crippen LogP contribution in [-0.2, 0) is 23.9 Å². The lowest BCUT2D eigenvalue weighted by molar-refractivity contribution is -0.129. The molecule has 0 aromatic rings. The van der Waals surface area contributed by atoms with Crippen LogP contribution in [0.1, 0.15) is 47.0 Å². The zero-order valence-corrected chi connectivity index (χ0v) is 18.7. The molecule has 1 saturated heterocycles.